The molecule has 0 radical (unpaired) electrons. The summed E-state index contributed by atoms with van der Waals surface area (Å²) in [5.74, 6) is 0.958. The maximum absolute atomic E-state index is 12.4. The first kappa shape index (κ1) is 14.6. The number of carbonyl (C=O) groups excluding carboxylic acids is 1. The van der Waals surface area contributed by atoms with E-state index in [1.165, 1.54) is 17.3 Å². The molecule has 1 unspecified atom stereocenters. The molecule has 3 nitrogen and oxygen atoms in total. The first-order valence-corrected chi connectivity index (χ1v) is 8.25. The third kappa shape index (κ3) is 2.72. The van der Waals surface area contributed by atoms with Gasteiger partial charge in [0.05, 0.1) is 4.91 Å². The van der Waals surface area contributed by atoms with E-state index in [2.05, 4.69) is 13.0 Å². The summed E-state index contributed by atoms with van der Waals surface area (Å²) in [7, 11) is 0. The highest BCUT2D eigenvalue weighted by molar-refractivity contribution is 8.26. The van der Waals surface area contributed by atoms with Crippen LogP contribution in [0, 0.1) is 0 Å². The molecule has 21 heavy (non-hydrogen) atoms. The number of thiocarbonyl (C=S) groups is 1. The minimum atomic E-state index is 0.00474. The van der Waals surface area contributed by atoms with Gasteiger partial charge >= 0.3 is 0 Å². The highest BCUT2D eigenvalue weighted by atomic mass is 32.2. The molecular formula is C16H17NO2S2. The van der Waals surface area contributed by atoms with Crippen LogP contribution in [-0.2, 0) is 11.2 Å². The highest BCUT2D eigenvalue weighted by Gasteiger charge is 2.33. The van der Waals surface area contributed by atoms with Gasteiger partial charge in [0.15, 0.2) is 0 Å². The average Bonchev–Trinajstić information content (AvgIpc) is 2.88. The Hall–Kier alpha value is -1.33. The lowest BCUT2D eigenvalue weighted by Gasteiger charge is -2.18. The molecular weight excluding hydrogens is 302 g/mol. The van der Waals surface area contributed by atoms with Crippen LogP contribution in [0.15, 0.2) is 23.1 Å². The average molecular weight is 319 g/mol. The Bertz CT molecular complexity index is 652. The molecule has 0 aromatic heterocycles. The molecule has 1 fully saturated rings. The van der Waals surface area contributed by atoms with E-state index >= 15 is 0 Å². The van der Waals surface area contributed by atoms with Crippen LogP contribution in [0.2, 0.25) is 0 Å². The molecule has 1 atom stereocenters. The van der Waals surface area contributed by atoms with Crippen molar-refractivity contribution in [3.63, 3.8) is 0 Å². The fourth-order valence-electron chi connectivity index (χ4n) is 2.61. The first-order chi connectivity index (χ1) is 9.95. The third-order valence-electron chi connectivity index (χ3n) is 3.56. The largest absolute Gasteiger partial charge is 0.490 e. The van der Waals surface area contributed by atoms with E-state index in [0.29, 0.717) is 9.23 Å². The van der Waals surface area contributed by atoms with Crippen molar-refractivity contribution in [2.75, 3.05) is 0 Å². The number of thioether (sulfide) groups is 1. The Morgan fingerprint density at radius 3 is 2.90 bits per heavy atom. The van der Waals surface area contributed by atoms with Crippen LogP contribution in [0.5, 0.6) is 5.75 Å². The summed E-state index contributed by atoms with van der Waals surface area (Å²) in [6.45, 7) is 6.01. The van der Waals surface area contributed by atoms with Crippen LogP contribution in [-0.4, -0.2) is 27.3 Å². The van der Waals surface area contributed by atoms with Crippen molar-refractivity contribution in [1.82, 2.24) is 4.90 Å². The molecule has 2 aliphatic heterocycles. The number of hydrogen-bond acceptors (Lipinski definition) is 4. The topological polar surface area (TPSA) is 29.5 Å². The Balaban J connectivity index is 1.88. The number of fused-ring (bicyclic) bond motifs is 1. The summed E-state index contributed by atoms with van der Waals surface area (Å²) in [5, 5.41) is 0. The molecule has 0 N–H and O–H groups in total. The summed E-state index contributed by atoms with van der Waals surface area (Å²) in [6.07, 6.45) is 3.07. The van der Waals surface area contributed by atoms with Crippen molar-refractivity contribution in [2.24, 2.45) is 0 Å². The predicted octanol–water partition coefficient (Wildman–Crippen LogP) is 3.62. The maximum Gasteiger partial charge on any atom is 0.266 e. The number of ether oxygens (including phenoxy) is 1. The third-order valence-corrected chi connectivity index (χ3v) is 4.89. The second-order valence-electron chi connectivity index (χ2n) is 5.65. The molecule has 1 saturated heterocycles. The summed E-state index contributed by atoms with van der Waals surface area (Å²) < 4.78 is 6.33. The number of hydrogen-bond donors (Lipinski definition) is 0. The van der Waals surface area contributed by atoms with E-state index in [1.807, 2.05) is 32.1 Å². The van der Waals surface area contributed by atoms with E-state index in [4.69, 9.17) is 17.0 Å². The van der Waals surface area contributed by atoms with Crippen molar-refractivity contribution < 1.29 is 9.53 Å². The normalized spacial score (nSPS) is 23.1. The van der Waals surface area contributed by atoms with E-state index in [1.54, 1.807) is 4.90 Å². The summed E-state index contributed by atoms with van der Waals surface area (Å²) in [4.78, 5) is 14.7. The highest BCUT2D eigenvalue weighted by Crippen LogP contribution is 2.35. The van der Waals surface area contributed by atoms with Gasteiger partial charge in [-0.1, -0.05) is 30.0 Å². The monoisotopic (exact) mass is 319 g/mol. The quantitative estimate of drug-likeness (QED) is 0.615. The molecule has 0 aliphatic carbocycles. The molecule has 1 aromatic carbocycles. The van der Waals surface area contributed by atoms with Gasteiger partial charge in [-0.3, -0.25) is 9.69 Å². The fraction of sp³-hybridized carbons (Fsp3) is 0.375. The Morgan fingerprint density at radius 2 is 2.24 bits per heavy atom. The van der Waals surface area contributed by atoms with Gasteiger partial charge in [-0.2, -0.15) is 0 Å². The van der Waals surface area contributed by atoms with Gasteiger partial charge in [-0.25, -0.2) is 0 Å². The number of amides is 1. The fourth-order valence-corrected chi connectivity index (χ4v) is 4.13. The Labute approximate surface area is 134 Å². The van der Waals surface area contributed by atoms with E-state index < -0.39 is 0 Å². The molecule has 2 heterocycles. The lowest BCUT2D eigenvalue weighted by atomic mass is 10.1. The first-order valence-electron chi connectivity index (χ1n) is 7.02. The zero-order valence-corrected chi connectivity index (χ0v) is 13.9. The van der Waals surface area contributed by atoms with E-state index in [0.717, 1.165) is 17.7 Å². The minimum absolute atomic E-state index is 0.00474. The van der Waals surface area contributed by atoms with E-state index in [-0.39, 0.29) is 18.1 Å². The standard InChI is InChI=1S/C16H17NO2S2/c1-9(2)17-15(18)14(21-16(17)20)8-11-4-5-13-12(7-11)6-10(3)19-13/h4-5,7-10H,6H2,1-3H3/b14-8-. The lowest BCUT2D eigenvalue weighted by Crippen LogP contribution is -2.34. The van der Waals surface area contributed by atoms with Crippen molar-refractivity contribution in [3.05, 3.63) is 34.2 Å². The Kier molecular flexibility index (Phi) is 3.80. The molecule has 5 heteroatoms. The smallest absolute Gasteiger partial charge is 0.266 e. The molecule has 1 aromatic rings. The second-order valence-corrected chi connectivity index (χ2v) is 7.32. The zero-order chi connectivity index (χ0) is 15.1. The number of benzene rings is 1. The Morgan fingerprint density at radius 1 is 1.48 bits per heavy atom. The van der Waals surface area contributed by atoms with Crippen molar-refractivity contribution in [2.45, 2.75) is 39.3 Å². The van der Waals surface area contributed by atoms with Crippen molar-refractivity contribution in [1.29, 1.82) is 0 Å². The molecule has 3 rings (SSSR count). The molecule has 0 spiro atoms. The van der Waals surface area contributed by atoms with Gasteiger partial charge in [0, 0.05) is 12.5 Å². The van der Waals surface area contributed by atoms with Crippen LogP contribution >= 0.6 is 24.0 Å². The zero-order valence-electron chi connectivity index (χ0n) is 12.3. The molecule has 0 saturated carbocycles. The van der Waals surface area contributed by atoms with Crippen LogP contribution in [0.4, 0.5) is 0 Å². The van der Waals surface area contributed by atoms with Crippen LogP contribution in [0.25, 0.3) is 6.08 Å². The molecule has 110 valence electrons. The van der Waals surface area contributed by atoms with Crippen molar-refractivity contribution >= 4 is 40.3 Å². The predicted molar refractivity (Wildman–Crippen MR) is 90.4 cm³/mol. The van der Waals surface area contributed by atoms with Crippen LogP contribution < -0.4 is 4.74 Å². The minimum Gasteiger partial charge on any atom is -0.490 e. The van der Waals surface area contributed by atoms with Gasteiger partial charge < -0.3 is 4.74 Å². The SMILES string of the molecule is CC1Cc2cc(/C=C3\SC(=S)N(C(C)C)C3=O)ccc2O1. The number of nitrogens with zero attached hydrogens (tertiary/aromatic N) is 1. The summed E-state index contributed by atoms with van der Waals surface area (Å²) in [5.41, 5.74) is 2.23. The lowest BCUT2D eigenvalue weighted by molar-refractivity contribution is -0.123. The maximum atomic E-state index is 12.4. The molecule has 2 aliphatic rings. The van der Waals surface area contributed by atoms with Gasteiger partial charge in [0.1, 0.15) is 16.2 Å². The van der Waals surface area contributed by atoms with Crippen LogP contribution in [0.1, 0.15) is 31.9 Å². The summed E-state index contributed by atoms with van der Waals surface area (Å²) in [6, 6.07) is 6.16. The molecule has 0 bridgehead atoms. The van der Waals surface area contributed by atoms with Crippen LogP contribution in [0.3, 0.4) is 0 Å². The second kappa shape index (κ2) is 5.46. The number of carbonyl (C=O) groups is 1. The van der Waals surface area contributed by atoms with E-state index in [9.17, 15) is 4.79 Å². The van der Waals surface area contributed by atoms with Gasteiger partial charge in [0.2, 0.25) is 0 Å². The summed E-state index contributed by atoms with van der Waals surface area (Å²) >= 11 is 6.67. The van der Waals surface area contributed by atoms with Gasteiger partial charge in [-0.15, -0.1) is 0 Å². The molecule has 1 amide bonds. The van der Waals surface area contributed by atoms with Crippen molar-refractivity contribution in [3.8, 4) is 5.75 Å². The van der Waals surface area contributed by atoms with Gasteiger partial charge in [0.25, 0.3) is 5.91 Å². The number of rotatable bonds is 2. The van der Waals surface area contributed by atoms with Gasteiger partial charge in [-0.05, 0) is 50.1 Å².